The first-order valence-electron chi connectivity index (χ1n) is 10.8. The Bertz CT molecular complexity index is 1020. The van der Waals surface area contributed by atoms with E-state index in [0.717, 1.165) is 30.0 Å². The van der Waals surface area contributed by atoms with Gasteiger partial charge in [0.15, 0.2) is 0 Å². The highest BCUT2D eigenvalue weighted by Crippen LogP contribution is 2.20. The van der Waals surface area contributed by atoms with Gasteiger partial charge in [0.05, 0.1) is 6.04 Å². The van der Waals surface area contributed by atoms with E-state index in [1.165, 1.54) is 17.3 Å². The van der Waals surface area contributed by atoms with Gasteiger partial charge in [-0.25, -0.2) is 9.50 Å². The van der Waals surface area contributed by atoms with E-state index < -0.39 is 0 Å². The van der Waals surface area contributed by atoms with Crippen molar-refractivity contribution in [1.82, 2.24) is 29.8 Å². The number of nitrogens with one attached hydrogen (secondary N) is 1. The SMILES string of the molecule is CCN(CC)C(CNC(=O)CCc1c(C)nc2nc(SC)nn2c1C)c1ccccc1. The molecule has 8 heteroatoms. The van der Waals surface area contributed by atoms with Crippen LogP contribution in [0.25, 0.3) is 5.78 Å². The molecule has 0 aliphatic heterocycles. The normalized spacial score (nSPS) is 12.5. The molecule has 0 bridgehead atoms. The lowest BCUT2D eigenvalue weighted by atomic mass is 10.0. The Labute approximate surface area is 188 Å². The van der Waals surface area contributed by atoms with Crippen LogP contribution in [0.4, 0.5) is 0 Å². The monoisotopic (exact) mass is 440 g/mol. The molecule has 1 atom stereocenters. The molecular formula is C23H32N6OS. The van der Waals surface area contributed by atoms with Crippen molar-refractivity contribution in [3.05, 3.63) is 52.8 Å². The minimum atomic E-state index is 0.0513. The first-order chi connectivity index (χ1) is 15.0. The van der Waals surface area contributed by atoms with Crippen LogP contribution in [0.5, 0.6) is 0 Å². The summed E-state index contributed by atoms with van der Waals surface area (Å²) in [6.45, 7) is 10.8. The van der Waals surface area contributed by atoms with Crippen LogP contribution in [0, 0.1) is 13.8 Å². The second-order valence-electron chi connectivity index (χ2n) is 7.52. The fraction of sp³-hybridized carbons (Fsp3) is 0.478. The van der Waals surface area contributed by atoms with Crippen molar-refractivity contribution in [3.8, 4) is 0 Å². The van der Waals surface area contributed by atoms with E-state index >= 15 is 0 Å². The van der Waals surface area contributed by atoms with Crippen LogP contribution in [-0.2, 0) is 11.2 Å². The summed E-state index contributed by atoms with van der Waals surface area (Å²) in [5, 5.41) is 8.34. The van der Waals surface area contributed by atoms with Crippen LogP contribution in [0.2, 0.25) is 0 Å². The number of thioether (sulfide) groups is 1. The van der Waals surface area contributed by atoms with Crippen molar-refractivity contribution >= 4 is 23.4 Å². The number of hydrogen-bond donors (Lipinski definition) is 1. The summed E-state index contributed by atoms with van der Waals surface area (Å²) < 4.78 is 1.78. The van der Waals surface area contributed by atoms with Gasteiger partial charge in [-0.2, -0.15) is 4.98 Å². The molecule has 1 N–H and O–H groups in total. The second kappa shape index (κ2) is 10.7. The van der Waals surface area contributed by atoms with Crippen LogP contribution in [-0.4, -0.2) is 56.3 Å². The molecule has 0 aliphatic carbocycles. The number of rotatable bonds is 10. The van der Waals surface area contributed by atoms with Crippen LogP contribution in [0.15, 0.2) is 35.5 Å². The molecule has 0 spiro atoms. The number of aromatic nitrogens is 4. The fourth-order valence-corrected chi connectivity index (χ4v) is 4.31. The Kier molecular flexibility index (Phi) is 8.03. The Balaban J connectivity index is 1.66. The van der Waals surface area contributed by atoms with E-state index in [4.69, 9.17) is 0 Å². The Morgan fingerprint density at radius 1 is 1.16 bits per heavy atom. The summed E-state index contributed by atoms with van der Waals surface area (Å²) in [5.74, 6) is 0.660. The molecule has 0 radical (unpaired) electrons. The fourth-order valence-electron chi connectivity index (χ4n) is 3.97. The summed E-state index contributed by atoms with van der Waals surface area (Å²) in [7, 11) is 0. The molecule has 1 unspecified atom stereocenters. The summed E-state index contributed by atoms with van der Waals surface area (Å²) in [6.07, 6.45) is 2.99. The highest BCUT2D eigenvalue weighted by molar-refractivity contribution is 7.98. The van der Waals surface area contributed by atoms with Crippen molar-refractivity contribution in [2.75, 3.05) is 25.9 Å². The molecule has 3 aromatic rings. The lowest BCUT2D eigenvalue weighted by Gasteiger charge is -2.30. The first-order valence-corrected chi connectivity index (χ1v) is 12.0. The third-order valence-corrected chi connectivity index (χ3v) is 6.28. The van der Waals surface area contributed by atoms with Crippen molar-refractivity contribution in [2.45, 2.75) is 51.7 Å². The molecule has 0 fully saturated rings. The van der Waals surface area contributed by atoms with E-state index in [9.17, 15) is 4.79 Å². The quantitative estimate of drug-likeness (QED) is 0.486. The maximum Gasteiger partial charge on any atom is 0.253 e. The molecule has 7 nitrogen and oxygen atoms in total. The molecule has 1 amide bonds. The number of carbonyl (C=O) groups is 1. The van der Waals surface area contributed by atoms with Gasteiger partial charge in [0.2, 0.25) is 11.1 Å². The third-order valence-electron chi connectivity index (χ3n) is 5.74. The van der Waals surface area contributed by atoms with Crippen LogP contribution >= 0.6 is 11.8 Å². The number of benzene rings is 1. The van der Waals surface area contributed by atoms with E-state index in [1.807, 2.05) is 26.2 Å². The summed E-state index contributed by atoms with van der Waals surface area (Å²) in [6, 6.07) is 10.5. The van der Waals surface area contributed by atoms with Crippen molar-refractivity contribution in [1.29, 1.82) is 0 Å². The standard InChI is InChI=1S/C23H32N6OS/c1-6-28(7-2)20(18-11-9-8-10-12-18)15-24-21(30)14-13-19-16(3)25-22-26-23(31-5)27-29(22)17(19)4/h8-12,20H,6-7,13-15H2,1-5H3,(H,24,30). The second-order valence-corrected chi connectivity index (χ2v) is 8.30. The molecule has 166 valence electrons. The maximum atomic E-state index is 12.7. The van der Waals surface area contributed by atoms with Gasteiger partial charge in [0, 0.05) is 24.4 Å². The Morgan fingerprint density at radius 3 is 2.52 bits per heavy atom. The average Bonchev–Trinajstić information content (AvgIpc) is 3.20. The Morgan fingerprint density at radius 2 is 1.87 bits per heavy atom. The zero-order chi connectivity index (χ0) is 22.4. The highest BCUT2D eigenvalue weighted by Gasteiger charge is 2.19. The lowest BCUT2D eigenvalue weighted by Crippen LogP contribution is -2.38. The summed E-state index contributed by atoms with van der Waals surface area (Å²) in [5.41, 5.74) is 4.18. The average molecular weight is 441 g/mol. The van der Waals surface area contributed by atoms with Gasteiger partial charge in [0.1, 0.15) is 0 Å². The number of carbonyl (C=O) groups excluding carboxylic acids is 1. The largest absolute Gasteiger partial charge is 0.354 e. The number of likely N-dealkylation sites (N-methyl/N-ethyl adjacent to an activating group) is 1. The topological polar surface area (TPSA) is 75.4 Å². The van der Waals surface area contributed by atoms with Gasteiger partial charge in [-0.3, -0.25) is 9.69 Å². The molecule has 0 saturated heterocycles. The summed E-state index contributed by atoms with van der Waals surface area (Å²) in [4.78, 5) is 24.1. The number of nitrogens with zero attached hydrogens (tertiary/aromatic N) is 5. The van der Waals surface area contributed by atoms with Gasteiger partial charge in [-0.1, -0.05) is 55.9 Å². The first kappa shape index (κ1) is 23.2. The predicted octanol–water partition coefficient (Wildman–Crippen LogP) is 3.59. The third kappa shape index (κ3) is 5.43. The van der Waals surface area contributed by atoms with Crippen molar-refractivity contribution in [3.63, 3.8) is 0 Å². The molecule has 2 heterocycles. The van der Waals surface area contributed by atoms with E-state index in [1.54, 1.807) is 4.52 Å². The van der Waals surface area contributed by atoms with Crippen LogP contribution < -0.4 is 5.32 Å². The van der Waals surface area contributed by atoms with Gasteiger partial charge in [-0.05, 0) is 50.7 Å². The molecule has 0 aliphatic rings. The molecule has 3 rings (SSSR count). The van der Waals surface area contributed by atoms with Gasteiger partial charge in [-0.15, -0.1) is 5.10 Å². The number of fused-ring (bicyclic) bond motifs is 1. The Hall–Kier alpha value is -2.45. The molecule has 1 aromatic carbocycles. The highest BCUT2D eigenvalue weighted by atomic mass is 32.2. The van der Waals surface area contributed by atoms with Gasteiger partial charge >= 0.3 is 0 Å². The van der Waals surface area contributed by atoms with E-state index in [-0.39, 0.29) is 11.9 Å². The smallest absolute Gasteiger partial charge is 0.253 e. The van der Waals surface area contributed by atoms with Gasteiger partial charge < -0.3 is 5.32 Å². The minimum absolute atomic E-state index is 0.0513. The number of aryl methyl sites for hydroxylation is 2. The predicted molar refractivity (Wildman–Crippen MR) is 125 cm³/mol. The minimum Gasteiger partial charge on any atom is -0.354 e. The number of amides is 1. The van der Waals surface area contributed by atoms with Crippen molar-refractivity contribution < 1.29 is 4.79 Å². The van der Waals surface area contributed by atoms with Crippen molar-refractivity contribution in [2.24, 2.45) is 0 Å². The van der Waals surface area contributed by atoms with E-state index in [0.29, 0.717) is 30.3 Å². The number of hydrogen-bond acceptors (Lipinski definition) is 6. The van der Waals surface area contributed by atoms with Crippen LogP contribution in [0.1, 0.15) is 48.8 Å². The summed E-state index contributed by atoms with van der Waals surface area (Å²) >= 11 is 1.50. The molecule has 0 saturated carbocycles. The van der Waals surface area contributed by atoms with Crippen LogP contribution in [0.3, 0.4) is 0 Å². The zero-order valence-electron chi connectivity index (χ0n) is 19.1. The van der Waals surface area contributed by atoms with E-state index in [2.05, 4.69) is 63.4 Å². The molecule has 2 aromatic heterocycles. The molecule has 31 heavy (non-hydrogen) atoms. The zero-order valence-corrected chi connectivity index (χ0v) is 19.9. The molecular weight excluding hydrogens is 408 g/mol. The maximum absolute atomic E-state index is 12.7. The van der Waals surface area contributed by atoms with Gasteiger partial charge in [0.25, 0.3) is 5.78 Å². The lowest BCUT2D eigenvalue weighted by molar-refractivity contribution is -0.121.